The highest BCUT2D eigenvalue weighted by Crippen LogP contribution is 2.22. The Kier molecular flexibility index (Phi) is 6.37. The summed E-state index contributed by atoms with van der Waals surface area (Å²) in [5.74, 6) is -0.549. The Hall–Kier alpha value is -2.92. The number of esters is 1. The Morgan fingerprint density at radius 3 is 2.90 bits per heavy atom. The number of benzene rings is 1. The third-order valence-corrected chi connectivity index (χ3v) is 2.43. The smallest absolute Gasteiger partial charge is 0.330 e. The number of aliphatic imine (C=N–C) groups is 1. The Labute approximate surface area is 121 Å². The number of anilines is 1. The molecular weight excluding hydrogens is 274 g/mol. The van der Waals surface area contributed by atoms with Crippen molar-refractivity contribution in [1.29, 1.82) is 0 Å². The van der Waals surface area contributed by atoms with E-state index in [1.165, 1.54) is 6.08 Å². The second-order valence-corrected chi connectivity index (χ2v) is 3.96. The van der Waals surface area contributed by atoms with E-state index in [2.05, 4.69) is 22.2 Å². The van der Waals surface area contributed by atoms with Crippen LogP contribution in [0.15, 0.2) is 35.8 Å². The third-order valence-electron chi connectivity index (χ3n) is 2.43. The van der Waals surface area contributed by atoms with Gasteiger partial charge in [0.1, 0.15) is 6.61 Å². The highest BCUT2D eigenvalue weighted by atomic mass is 16.5. The second-order valence-electron chi connectivity index (χ2n) is 3.96. The number of ether oxygens (including phenoxy) is 1. The first-order valence-corrected chi connectivity index (χ1v) is 6.09. The molecule has 0 aliphatic heterocycles. The Morgan fingerprint density at radius 1 is 1.48 bits per heavy atom. The Bertz CT molecular complexity index is 592. The van der Waals surface area contributed by atoms with Gasteiger partial charge in [0.15, 0.2) is 0 Å². The monoisotopic (exact) mass is 289 g/mol. The van der Waals surface area contributed by atoms with E-state index in [1.54, 1.807) is 25.1 Å². The van der Waals surface area contributed by atoms with Gasteiger partial charge in [-0.2, -0.15) is 4.99 Å². The summed E-state index contributed by atoms with van der Waals surface area (Å²) in [6.45, 7) is 5.25. The highest BCUT2D eigenvalue weighted by molar-refractivity contribution is 5.90. The number of hydrogen-bond donors (Lipinski definition) is 2. The SMILES string of the molecule is C=CC(=O)OCCNC(=O)Nc1ccc(C)c(N=C=O)c1. The van der Waals surface area contributed by atoms with Crippen LogP contribution in [0.1, 0.15) is 5.56 Å². The minimum atomic E-state index is -0.549. The fourth-order valence-corrected chi connectivity index (χ4v) is 1.41. The number of rotatable bonds is 6. The molecule has 110 valence electrons. The number of aryl methyl sites for hydroxylation is 1. The van der Waals surface area contributed by atoms with Crippen LogP contribution in [-0.2, 0) is 14.3 Å². The van der Waals surface area contributed by atoms with E-state index in [9.17, 15) is 14.4 Å². The fourth-order valence-electron chi connectivity index (χ4n) is 1.41. The molecule has 7 heteroatoms. The molecule has 0 unspecified atom stereocenters. The van der Waals surface area contributed by atoms with Crippen molar-refractivity contribution in [2.75, 3.05) is 18.5 Å². The molecule has 0 heterocycles. The zero-order valence-electron chi connectivity index (χ0n) is 11.5. The molecule has 0 aromatic heterocycles. The van der Waals surface area contributed by atoms with Gasteiger partial charge in [0.25, 0.3) is 0 Å². The molecule has 0 bridgehead atoms. The van der Waals surface area contributed by atoms with E-state index >= 15 is 0 Å². The van der Waals surface area contributed by atoms with Gasteiger partial charge in [0.05, 0.1) is 12.2 Å². The van der Waals surface area contributed by atoms with Crippen LogP contribution in [-0.4, -0.2) is 31.2 Å². The number of nitrogens with one attached hydrogen (secondary N) is 2. The predicted octanol–water partition coefficient (Wildman–Crippen LogP) is 1.81. The Balaban J connectivity index is 2.48. The maximum atomic E-state index is 11.6. The maximum absolute atomic E-state index is 11.6. The lowest BCUT2D eigenvalue weighted by Crippen LogP contribution is -2.31. The molecule has 1 rings (SSSR count). The average Bonchev–Trinajstić information content (AvgIpc) is 2.47. The summed E-state index contributed by atoms with van der Waals surface area (Å²) in [5, 5.41) is 5.08. The summed E-state index contributed by atoms with van der Waals surface area (Å²) < 4.78 is 4.70. The topological polar surface area (TPSA) is 96.9 Å². The predicted molar refractivity (Wildman–Crippen MR) is 77.1 cm³/mol. The van der Waals surface area contributed by atoms with Gasteiger partial charge in [-0.25, -0.2) is 14.4 Å². The van der Waals surface area contributed by atoms with Gasteiger partial charge in [0, 0.05) is 11.8 Å². The van der Waals surface area contributed by atoms with E-state index in [0.29, 0.717) is 11.4 Å². The second kappa shape index (κ2) is 8.29. The molecule has 2 amide bonds. The largest absolute Gasteiger partial charge is 0.461 e. The van der Waals surface area contributed by atoms with Crippen LogP contribution in [0.4, 0.5) is 16.2 Å². The van der Waals surface area contributed by atoms with Crippen molar-refractivity contribution in [3.63, 3.8) is 0 Å². The van der Waals surface area contributed by atoms with Gasteiger partial charge >= 0.3 is 12.0 Å². The van der Waals surface area contributed by atoms with E-state index in [-0.39, 0.29) is 13.2 Å². The van der Waals surface area contributed by atoms with Crippen LogP contribution in [0, 0.1) is 6.92 Å². The molecular formula is C14H15N3O4. The van der Waals surface area contributed by atoms with Crippen molar-refractivity contribution in [1.82, 2.24) is 5.32 Å². The lowest BCUT2D eigenvalue weighted by molar-refractivity contribution is -0.137. The number of carbonyl (C=O) groups excluding carboxylic acids is 3. The van der Waals surface area contributed by atoms with Crippen LogP contribution in [0.2, 0.25) is 0 Å². The molecule has 0 spiro atoms. The van der Waals surface area contributed by atoms with Crippen molar-refractivity contribution in [3.8, 4) is 0 Å². The van der Waals surface area contributed by atoms with Crippen molar-refractivity contribution in [2.45, 2.75) is 6.92 Å². The zero-order valence-corrected chi connectivity index (χ0v) is 11.5. The third kappa shape index (κ3) is 5.71. The number of urea groups is 1. The summed E-state index contributed by atoms with van der Waals surface area (Å²) in [6.07, 6.45) is 2.50. The van der Waals surface area contributed by atoms with Gasteiger partial charge in [-0.3, -0.25) is 0 Å². The lowest BCUT2D eigenvalue weighted by Gasteiger charge is -2.08. The van der Waals surface area contributed by atoms with Gasteiger partial charge in [-0.1, -0.05) is 12.6 Å². The van der Waals surface area contributed by atoms with Gasteiger partial charge in [-0.05, 0) is 24.6 Å². The summed E-state index contributed by atoms with van der Waals surface area (Å²) >= 11 is 0. The number of amides is 2. The minimum absolute atomic E-state index is 0.0485. The van der Waals surface area contributed by atoms with Crippen molar-refractivity contribution >= 4 is 29.5 Å². The van der Waals surface area contributed by atoms with Crippen LogP contribution in [0.3, 0.4) is 0 Å². The van der Waals surface area contributed by atoms with E-state index in [0.717, 1.165) is 11.6 Å². The standard InChI is InChI=1S/C14H15N3O4/c1-3-13(19)21-7-6-15-14(20)17-11-5-4-10(2)12(8-11)16-9-18/h3-5,8H,1,6-7H2,2H3,(H2,15,17,20). The van der Waals surface area contributed by atoms with Crippen LogP contribution < -0.4 is 10.6 Å². The molecule has 0 fully saturated rings. The first-order chi connectivity index (χ1) is 10.1. The summed E-state index contributed by atoms with van der Waals surface area (Å²) in [4.78, 5) is 36.2. The molecule has 0 saturated heterocycles. The summed E-state index contributed by atoms with van der Waals surface area (Å²) in [7, 11) is 0. The minimum Gasteiger partial charge on any atom is -0.461 e. The summed E-state index contributed by atoms with van der Waals surface area (Å²) in [6, 6.07) is 4.49. The van der Waals surface area contributed by atoms with E-state index in [4.69, 9.17) is 4.74 Å². The van der Waals surface area contributed by atoms with Crippen LogP contribution >= 0.6 is 0 Å². The molecule has 0 aliphatic rings. The van der Waals surface area contributed by atoms with E-state index in [1.807, 2.05) is 0 Å². The fraction of sp³-hybridized carbons (Fsp3) is 0.214. The highest BCUT2D eigenvalue weighted by Gasteiger charge is 2.04. The van der Waals surface area contributed by atoms with Gasteiger partial charge in [0.2, 0.25) is 6.08 Å². The number of carbonyl (C=O) groups is 2. The molecule has 0 radical (unpaired) electrons. The molecule has 21 heavy (non-hydrogen) atoms. The van der Waals surface area contributed by atoms with Crippen molar-refractivity contribution in [2.24, 2.45) is 4.99 Å². The molecule has 0 saturated carbocycles. The maximum Gasteiger partial charge on any atom is 0.330 e. The van der Waals surface area contributed by atoms with Crippen molar-refractivity contribution < 1.29 is 19.1 Å². The summed E-state index contributed by atoms with van der Waals surface area (Å²) in [5.41, 5.74) is 1.71. The molecule has 2 N–H and O–H groups in total. The molecule has 1 aromatic rings. The van der Waals surface area contributed by atoms with Crippen molar-refractivity contribution in [3.05, 3.63) is 36.4 Å². The molecule has 0 atom stereocenters. The van der Waals surface area contributed by atoms with Gasteiger partial charge in [-0.15, -0.1) is 0 Å². The van der Waals surface area contributed by atoms with Crippen LogP contribution in [0.5, 0.6) is 0 Å². The van der Waals surface area contributed by atoms with Gasteiger partial charge < -0.3 is 15.4 Å². The number of isocyanates is 1. The molecule has 0 aliphatic carbocycles. The molecule has 1 aromatic carbocycles. The lowest BCUT2D eigenvalue weighted by atomic mass is 10.2. The quantitative estimate of drug-likeness (QED) is 0.274. The molecule has 7 nitrogen and oxygen atoms in total. The Morgan fingerprint density at radius 2 is 2.24 bits per heavy atom. The zero-order chi connectivity index (χ0) is 15.7. The first kappa shape index (κ1) is 16.1. The first-order valence-electron chi connectivity index (χ1n) is 6.09. The van der Waals surface area contributed by atoms with Crippen LogP contribution in [0.25, 0.3) is 0 Å². The number of nitrogens with zero attached hydrogens (tertiary/aromatic N) is 1. The average molecular weight is 289 g/mol. The normalized spacial score (nSPS) is 9.19. The van der Waals surface area contributed by atoms with E-state index < -0.39 is 12.0 Å². The number of hydrogen-bond acceptors (Lipinski definition) is 5.